The van der Waals surface area contributed by atoms with E-state index in [9.17, 15) is 4.79 Å². The Hall–Kier alpha value is -0.650. The number of carbonyl (C=O) groups excluding carboxylic acids is 1. The van der Waals surface area contributed by atoms with Gasteiger partial charge < -0.3 is 10.1 Å². The fraction of sp³-hybridized carbons (Fsp3) is 0.923. The van der Waals surface area contributed by atoms with Crippen molar-refractivity contribution >= 4 is 5.97 Å². The Morgan fingerprint density at radius 3 is 2.89 bits per heavy atom. The quantitative estimate of drug-likeness (QED) is 0.712. The highest BCUT2D eigenvalue weighted by Crippen LogP contribution is 2.22. The molecule has 5 heteroatoms. The van der Waals surface area contributed by atoms with Crippen molar-refractivity contribution in [3.63, 3.8) is 0 Å². The van der Waals surface area contributed by atoms with Gasteiger partial charge in [0.05, 0.1) is 7.11 Å². The van der Waals surface area contributed by atoms with Gasteiger partial charge in [0.1, 0.15) is 5.54 Å². The summed E-state index contributed by atoms with van der Waals surface area (Å²) in [4.78, 5) is 16.8. The van der Waals surface area contributed by atoms with Gasteiger partial charge in [-0.05, 0) is 33.4 Å². The summed E-state index contributed by atoms with van der Waals surface area (Å²) < 4.78 is 4.90. The molecule has 0 bridgehead atoms. The van der Waals surface area contributed by atoms with Crippen LogP contribution in [0.2, 0.25) is 0 Å². The number of hydrogen-bond donors (Lipinski definition) is 1. The maximum absolute atomic E-state index is 11.8. The average molecular weight is 255 g/mol. The van der Waals surface area contributed by atoms with E-state index in [0.717, 1.165) is 26.2 Å². The van der Waals surface area contributed by atoms with Crippen molar-refractivity contribution in [3.8, 4) is 0 Å². The van der Waals surface area contributed by atoms with Crippen molar-refractivity contribution in [2.75, 3.05) is 46.9 Å². The van der Waals surface area contributed by atoms with E-state index in [2.05, 4.69) is 15.1 Å². The van der Waals surface area contributed by atoms with Gasteiger partial charge in [0.25, 0.3) is 0 Å². The Morgan fingerprint density at radius 2 is 2.22 bits per heavy atom. The largest absolute Gasteiger partial charge is 0.468 e. The van der Waals surface area contributed by atoms with E-state index in [-0.39, 0.29) is 5.97 Å². The second-order valence-electron chi connectivity index (χ2n) is 5.64. The molecule has 0 aromatic rings. The first-order valence-corrected chi connectivity index (χ1v) is 6.83. The number of methoxy groups -OCH3 is 1. The SMILES string of the molecule is CNC(C)(CN1CCN2CCCC2C1)C(=O)OC. The third-order valence-corrected chi connectivity index (χ3v) is 4.40. The van der Waals surface area contributed by atoms with E-state index in [4.69, 9.17) is 4.74 Å². The van der Waals surface area contributed by atoms with Gasteiger partial charge in [-0.15, -0.1) is 0 Å². The smallest absolute Gasteiger partial charge is 0.327 e. The van der Waals surface area contributed by atoms with Crippen LogP contribution in [0.5, 0.6) is 0 Å². The molecule has 2 atom stereocenters. The molecule has 1 N–H and O–H groups in total. The van der Waals surface area contributed by atoms with E-state index < -0.39 is 5.54 Å². The zero-order chi connectivity index (χ0) is 13.2. The maximum Gasteiger partial charge on any atom is 0.327 e. The summed E-state index contributed by atoms with van der Waals surface area (Å²) in [5.74, 6) is -0.182. The van der Waals surface area contributed by atoms with Crippen molar-refractivity contribution in [2.45, 2.75) is 31.3 Å². The monoisotopic (exact) mass is 255 g/mol. The van der Waals surface area contributed by atoms with Crippen LogP contribution in [0, 0.1) is 0 Å². The van der Waals surface area contributed by atoms with Gasteiger partial charge in [-0.2, -0.15) is 0 Å². The first-order valence-electron chi connectivity index (χ1n) is 6.83. The third kappa shape index (κ3) is 2.68. The van der Waals surface area contributed by atoms with Crippen LogP contribution >= 0.6 is 0 Å². The summed E-state index contributed by atoms with van der Waals surface area (Å²) in [6.07, 6.45) is 2.61. The van der Waals surface area contributed by atoms with Crippen molar-refractivity contribution in [1.82, 2.24) is 15.1 Å². The molecule has 0 aromatic carbocycles. The summed E-state index contributed by atoms with van der Waals surface area (Å²) >= 11 is 0. The van der Waals surface area contributed by atoms with Gasteiger partial charge >= 0.3 is 5.97 Å². The highest BCUT2D eigenvalue weighted by molar-refractivity contribution is 5.80. The Balaban J connectivity index is 1.94. The minimum absolute atomic E-state index is 0.182. The van der Waals surface area contributed by atoms with Crippen LogP contribution in [0.3, 0.4) is 0 Å². The van der Waals surface area contributed by atoms with E-state index in [0.29, 0.717) is 6.04 Å². The maximum atomic E-state index is 11.8. The molecule has 2 aliphatic rings. The van der Waals surface area contributed by atoms with Gasteiger partial charge in [0.2, 0.25) is 0 Å². The number of likely N-dealkylation sites (N-methyl/N-ethyl adjacent to an activating group) is 1. The Kier molecular flexibility index (Phi) is 4.25. The minimum atomic E-state index is -0.602. The number of carbonyl (C=O) groups is 1. The molecular weight excluding hydrogens is 230 g/mol. The molecule has 2 fully saturated rings. The molecule has 2 aliphatic heterocycles. The molecule has 0 saturated carbocycles. The molecule has 2 saturated heterocycles. The molecule has 0 aliphatic carbocycles. The number of nitrogens with one attached hydrogen (secondary N) is 1. The highest BCUT2D eigenvalue weighted by Gasteiger charge is 2.38. The first-order chi connectivity index (χ1) is 8.59. The van der Waals surface area contributed by atoms with Crippen molar-refractivity contribution < 1.29 is 9.53 Å². The fourth-order valence-corrected chi connectivity index (χ4v) is 3.12. The molecule has 0 spiro atoms. The van der Waals surface area contributed by atoms with Crippen molar-refractivity contribution in [3.05, 3.63) is 0 Å². The van der Waals surface area contributed by atoms with Crippen molar-refractivity contribution in [1.29, 1.82) is 0 Å². The Labute approximate surface area is 109 Å². The minimum Gasteiger partial charge on any atom is -0.468 e. The molecule has 0 amide bonds. The van der Waals surface area contributed by atoms with Gasteiger partial charge in [-0.1, -0.05) is 0 Å². The summed E-state index contributed by atoms with van der Waals surface area (Å²) in [7, 11) is 3.27. The number of fused-ring (bicyclic) bond motifs is 1. The van der Waals surface area contributed by atoms with Crippen LogP contribution < -0.4 is 5.32 Å². The zero-order valence-corrected chi connectivity index (χ0v) is 11.7. The fourth-order valence-electron chi connectivity index (χ4n) is 3.12. The van der Waals surface area contributed by atoms with Gasteiger partial charge in [0, 0.05) is 32.2 Å². The standard InChI is InChI=1S/C13H25N3O2/c1-13(14-2,12(17)18-3)10-15-7-8-16-6-4-5-11(16)9-15/h11,14H,4-10H2,1-3H3. The van der Waals surface area contributed by atoms with Gasteiger partial charge in [-0.3, -0.25) is 14.6 Å². The second-order valence-corrected chi connectivity index (χ2v) is 5.64. The molecule has 2 unspecified atom stereocenters. The van der Waals surface area contributed by atoms with Crippen molar-refractivity contribution in [2.24, 2.45) is 0 Å². The van der Waals surface area contributed by atoms with Crippen LogP contribution in [0.4, 0.5) is 0 Å². The van der Waals surface area contributed by atoms with Crippen LogP contribution in [0.1, 0.15) is 19.8 Å². The van der Waals surface area contributed by atoms with E-state index in [1.165, 1.54) is 26.5 Å². The molecular formula is C13H25N3O2. The van der Waals surface area contributed by atoms with Crippen LogP contribution in [-0.4, -0.2) is 74.2 Å². The predicted octanol–water partition coefficient (Wildman–Crippen LogP) is -0.0825. The summed E-state index contributed by atoms with van der Waals surface area (Å²) in [6, 6.07) is 0.692. The van der Waals surface area contributed by atoms with Crippen LogP contribution in [0.15, 0.2) is 0 Å². The molecule has 18 heavy (non-hydrogen) atoms. The Bertz CT molecular complexity index is 311. The lowest BCUT2D eigenvalue weighted by atomic mass is 10.0. The second kappa shape index (κ2) is 5.55. The number of esters is 1. The zero-order valence-electron chi connectivity index (χ0n) is 11.7. The van der Waals surface area contributed by atoms with Crippen LogP contribution in [-0.2, 0) is 9.53 Å². The molecule has 2 heterocycles. The van der Waals surface area contributed by atoms with Gasteiger partial charge in [0.15, 0.2) is 0 Å². The average Bonchev–Trinajstić information content (AvgIpc) is 2.84. The third-order valence-electron chi connectivity index (χ3n) is 4.40. The normalized spacial score (nSPS) is 28.7. The first kappa shape index (κ1) is 13.8. The lowest BCUT2D eigenvalue weighted by Gasteiger charge is -2.41. The van der Waals surface area contributed by atoms with Crippen LogP contribution in [0.25, 0.3) is 0 Å². The molecule has 0 radical (unpaired) electrons. The molecule has 2 rings (SSSR count). The lowest BCUT2D eigenvalue weighted by molar-refractivity contribution is -0.148. The number of ether oxygens (including phenoxy) is 1. The molecule has 0 aromatic heterocycles. The topological polar surface area (TPSA) is 44.8 Å². The van der Waals surface area contributed by atoms with E-state index in [1.807, 2.05) is 14.0 Å². The lowest BCUT2D eigenvalue weighted by Crippen LogP contribution is -2.60. The Morgan fingerprint density at radius 1 is 1.44 bits per heavy atom. The molecule has 104 valence electrons. The summed E-state index contributed by atoms with van der Waals surface area (Å²) in [5, 5.41) is 3.11. The van der Waals surface area contributed by atoms with E-state index >= 15 is 0 Å². The summed E-state index contributed by atoms with van der Waals surface area (Å²) in [6.45, 7) is 7.14. The highest BCUT2D eigenvalue weighted by atomic mass is 16.5. The number of rotatable bonds is 4. The predicted molar refractivity (Wildman–Crippen MR) is 70.5 cm³/mol. The van der Waals surface area contributed by atoms with Gasteiger partial charge in [-0.25, -0.2) is 0 Å². The number of nitrogens with zero attached hydrogens (tertiary/aromatic N) is 2. The molecule has 5 nitrogen and oxygen atoms in total. The summed E-state index contributed by atoms with van der Waals surface area (Å²) in [5.41, 5.74) is -0.602. The number of hydrogen-bond acceptors (Lipinski definition) is 5. The van der Waals surface area contributed by atoms with E-state index in [1.54, 1.807) is 0 Å². The number of piperazine rings is 1.